The van der Waals surface area contributed by atoms with Crippen molar-refractivity contribution in [2.45, 2.75) is 19.8 Å². The number of fused-ring (bicyclic) bond motifs is 1. The number of carboxylic acid groups (broad SMARTS) is 1. The standard InChI is InChI=1S/C18H14Cl2N2O3/c1-8-3-4-21-14(5-8)17(23)16-15(9(2)18(24)25)10-6-11(19)12(20)7-13(10)22-16/h3-7,9,22H,1-2H3,(H,24,25). The van der Waals surface area contributed by atoms with Crippen LogP contribution in [0.2, 0.25) is 10.0 Å². The van der Waals surface area contributed by atoms with E-state index < -0.39 is 11.9 Å². The first kappa shape index (κ1) is 17.5. The smallest absolute Gasteiger partial charge is 0.310 e. The number of benzene rings is 1. The highest BCUT2D eigenvalue weighted by Crippen LogP contribution is 2.35. The van der Waals surface area contributed by atoms with Gasteiger partial charge in [0.2, 0.25) is 5.78 Å². The van der Waals surface area contributed by atoms with E-state index in [1.165, 1.54) is 6.92 Å². The van der Waals surface area contributed by atoms with Gasteiger partial charge in [-0.15, -0.1) is 0 Å². The molecule has 0 radical (unpaired) electrons. The van der Waals surface area contributed by atoms with Crippen molar-refractivity contribution in [1.29, 1.82) is 0 Å². The van der Waals surface area contributed by atoms with E-state index in [9.17, 15) is 14.7 Å². The number of hydrogen-bond acceptors (Lipinski definition) is 3. The van der Waals surface area contributed by atoms with Crippen LogP contribution in [0.25, 0.3) is 10.9 Å². The van der Waals surface area contributed by atoms with Crippen molar-refractivity contribution in [1.82, 2.24) is 9.97 Å². The SMILES string of the molecule is Cc1ccnc(C(=O)c2[nH]c3cc(Cl)c(Cl)cc3c2C(C)C(=O)O)c1. The Morgan fingerprint density at radius 3 is 2.52 bits per heavy atom. The number of carbonyl (C=O) groups is 2. The molecule has 128 valence electrons. The topological polar surface area (TPSA) is 83.0 Å². The summed E-state index contributed by atoms with van der Waals surface area (Å²) >= 11 is 12.1. The summed E-state index contributed by atoms with van der Waals surface area (Å²) in [6.07, 6.45) is 1.54. The van der Waals surface area contributed by atoms with Crippen molar-refractivity contribution in [3.05, 3.63) is 63.0 Å². The molecule has 2 heterocycles. The van der Waals surface area contributed by atoms with Crippen LogP contribution in [0.4, 0.5) is 0 Å². The maximum atomic E-state index is 12.9. The van der Waals surface area contributed by atoms with Crippen LogP contribution in [0.5, 0.6) is 0 Å². The number of carbonyl (C=O) groups excluding carboxylic acids is 1. The lowest BCUT2D eigenvalue weighted by molar-refractivity contribution is -0.138. The number of pyridine rings is 1. The summed E-state index contributed by atoms with van der Waals surface area (Å²) in [6, 6.07) is 6.59. The van der Waals surface area contributed by atoms with Gasteiger partial charge >= 0.3 is 5.97 Å². The van der Waals surface area contributed by atoms with Crippen molar-refractivity contribution in [3.8, 4) is 0 Å². The number of carboxylic acids is 1. The molecule has 5 nitrogen and oxygen atoms in total. The van der Waals surface area contributed by atoms with Crippen molar-refractivity contribution < 1.29 is 14.7 Å². The molecule has 0 aliphatic carbocycles. The Balaban J connectivity index is 2.28. The third kappa shape index (κ3) is 3.13. The number of rotatable bonds is 4. The number of aliphatic carboxylic acids is 1. The molecule has 0 aliphatic rings. The van der Waals surface area contributed by atoms with E-state index in [2.05, 4.69) is 9.97 Å². The molecule has 2 N–H and O–H groups in total. The van der Waals surface area contributed by atoms with Crippen molar-refractivity contribution in [2.24, 2.45) is 0 Å². The number of halogens is 2. The summed E-state index contributed by atoms with van der Waals surface area (Å²) in [5.74, 6) is -2.33. The fourth-order valence-electron chi connectivity index (χ4n) is 2.75. The van der Waals surface area contributed by atoms with E-state index >= 15 is 0 Å². The molecule has 7 heteroatoms. The quantitative estimate of drug-likeness (QED) is 0.651. The average molecular weight is 377 g/mol. The molecule has 1 aromatic carbocycles. The molecule has 0 fully saturated rings. The highest BCUT2D eigenvalue weighted by Gasteiger charge is 2.27. The van der Waals surface area contributed by atoms with Gasteiger partial charge in [-0.3, -0.25) is 14.6 Å². The van der Waals surface area contributed by atoms with Gasteiger partial charge in [0.15, 0.2) is 0 Å². The number of nitrogens with one attached hydrogen (secondary N) is 1. The Morgan fingerprint density at radius 2 is 1.88 bits per heavy atom. The van der Waals surface area contributed by atoms with Crippen LogP contribution in [-0.2, 0) is 4.79 Å². The molecule has 1 atom stereocenters. The minimum atomic E-state index is -1.04. The predicted octanol–water partition coefficient (Wildman–Crippen LogP) is 4.60. The Kier molecular flexibility index (Phi) is 4.54. The van der Waals surface area contributed by atoms with Gasteiger partial charge in [0.25, 0.3) is 0 Å². The van der Waals surface area contributed by atoms with Crippen LogP contribution >= 0.6 is 23.2 Å². The third-order valence-corrected chi connectivity index (χ3v) is 4.78. The predicted molar refractivity (Wildman–Crippen MR) is 96.8 cm³/mol. The van der Waals surface area contributed by atoms with Crippen molar-refractivity contribution in [2.75, 3.05) is 0 Å². The van der Waals surface area contributed by atoms with Gasteiger partial charge in [0, 0.05) is 22.7 Å². The van der Waals surface area contributed by atoms with E-state index in [-0.39, 0.29) is 17.2 Å². The van der Waals surface area contributed by atoms with Gasteiger partial charge < -0.3 is 10.1 Å². The van der Waals surface area contributed by atoms with Crippen LogP contribution in [0, 0.1) is 6.92 Å². The zero-order chi connectivity index (χ0) is 18.3. The fourth-order valence-corrected chi connectivity index (χ4v) is 3.08. The first-order chi connectivity index (χ1) is 11.8. The minimum absolute atomic E-state index is 0.182. The van der Waals surface area contributed by atoms with Gasteiger partial charge in [0.1, 0.15) is 5.69 Å². The molecular formula is C18H14Cl2N2O3. The number of aryl methyl sites for hydroxylation is 1. The molecule has 0 spiro atoms. The first-order valence-electron chi connectivity index (χ1n) is 7.50. The molecule has 0 aliphatic heterocycles. The Labute approximate surface area is 153 Å². The lowest BCUT2D eigenvalue weighted by Gasteiger charge is -2.09. The number of nitrogens with zero attached hydrogens (tertiary/aromatic N) is 1. The maximum Gasteiger partial charge on any atom is 0.310 e. The van der Waals surface area contributed by atoms with E-state index in [4.69, 9.17) is 23.2 Å². The molecule has 3 aromatic rings. The number of ketones is 1. The maximum absolute atomic E-state index is 12.9. The summed E-state index contributed by atoms with van der Waals surface area (Å²) in [4.78, 5) is 31.6. The third-order valence-electron chi connectivity index (χ3n) is 4.06. The summed E-state index contributed by atoms with van der Waals surface area (Å²) in [5, 5.41) is 10.6. The molecular weight excluding hydrogens is 363 g/mol. The van der Waals surface area contributed by atoms with Gasteiger partial charge in [-0.1, -0.05) is 23.2 Å². The van der Waals surface area contributed by atoms with E-state index in [1.54, 1.807) is 30.5 Å². The number of H-pyrrole nitrogens is 1. The minimum Gasteiger partial charge on any atom is -0.481 e. The summed E-state index contributed by atoms with van der Waals surface area (Å²) in [7, 11) is 0. The molecule has 0 amide bonds. The monoisotopic (exact) mass is 376 g/mol. The molecule has 3 rings (SSSR count). The van der Waals surface area contributed by atoms with Gasteiger partial charge in [0.05, 0.1) is 21.7 Å². The van der Waals surface area contributed by atoms with Crippen molar-refractivity contribution in [3.63, 3.8) is 0 Å². The molecule has 0 saturated carbocycles. The summed E-state index contributed by atoms with van der Waals surface area (Å²) in [6.45, 7) is 3.37. The lowest BCUT2D eigenvalue weighted by Crippen LogP contribution is -2.13. The lowest BCUT2D eigenvalue weighted by atomic mass is 9.95. The molecule has 0 bridgehead atoms. The second-order valence-electron chi connectivity index (χ2n) is 5.83. The molecule has 2 aromatic heterocycles. The Bertz CT molecular complexity index is 1010. The largest absolute Gasteiger partial charge is 0.481 e. The highest BCUT2D eigenvalue weighted by molar-refractivity contribution is 6.42. The zero-order valence-electron chi connectivity index (χ0n) is 13.4. The number of aromatic amines is 1. The molecule has 1 unspecified atom stereocenters. The van der Waals surface area contributed by atoms with Crippen LogP contribution < -0.4 is 0 Å². The first-order valence-corrected chi connectivity index (χ1v) is 8.26. The van der Waals surface area contributed by atoms with Crippen LogP contribution in [0.15, 0.2) is 30.5 Å². The van der Waals surface area contributed by atoms with Gasteiger partial charge in [-0.05, 0) is 43.7 Å². The Hall–Kier alpha value is -2.37. The number of hydrogen-bond donors (Lipinski definition) is 2. The van der Waals surface area contributed by atoms with Crippen LogP contribution in [-0.4, -0.2) is 26.8 Å². The highest BCUT2D eigenvalue weighted by atomic mass is 35.5. The normalized spacial score (nSPS) is 12.3. The van der Waals surface area contributed by atoms with Crippen LogP contribution in [0.1, 0.15) is 40.2 Å². The van der Waals surface area contributed by atoms with Crippen molar-refractivity contribution >= 4 is 45.9 Å². The van der Waals surface area contributed by atoms with E-state index in [0.29, 0.717) is 26.5 Å². The Morgan fingerprint density at radius 1 is 1.20 bits per heavy atom. The zero-order valence-corrected chi connectivity index (χ0v) is 14.9. The van der Waals surface area contributed by atoms with Gasteiger partial charge in [-0.25, -0.2) is 0 Å². The summed E-state index contributed by atoms with van der Waals surface area (Å²) in [5.41, 5.74) is 2.22. The molecule has 25 heavy (non-hydrogen) atoms. The van der Waals surface area contributed by atoms with Crippen LogP contribution in [0.3, 0.4) is 0 Å². The van der Waals surface area contributed by atoms with E-state index in [1.807, 2.05) is 6.92 Å². The van der Waals surface area contributed by atoms with Gasteiger partial charge in [-0.2, -0.15) is 0 Å². The second-order valence-corrected chi connectivity index (χ2v) is 6.65. The number of aromatic nitrogens is 2. The fraction of sp³-hybridized carbons (Fsp3) is 0.167. The van der Waals surface area contributed by atoms with E-state index in [0.717, 1.165) is 5.56 Å². The second kappa shape index (κ2) is 6.50. The summed E-state index contributed by atoms with van der Waals surface area (Å²) < 4.78 is 0. The molecule has 0 saturated heterocycles. The average Bonchev–Trinajstić information content (AvgIpc) is 2.91.